The lowest BCUT2D eigenvalue weighted by atomic mass is 9.42. The SMILES string of the molecule is CO[C@H]1C=C(O)[C@@H]2[C@@H]3C[C@H]4CC[C@@]56CCC[C@@H]5C=CC[C@@]4([C@@]12O)[C@]36C. The van der Waals surface area contributed by atoms with Crippen LogP contribution in [0.5, 0.6) is 0 Å². The molecule has 0 radical (unpaired) electrons. The van der Waals surface area contributed by atoms with E-state index in [2.05, 4.69) is 19.1 Å². The molecule has 4 fully saturated rings. The largest absolute Gasteiger partial charge is 0.512 e. The van der Waals surface area contributed by atoms with Gasteiger partial charge in [0.15, 0.2) is 0 Å². The molecule has 0 aliphatic heterocycles. The van der Waals surface area contributed by atoms with Crippen molar-refractivity contribution in [2.45, 2.75) is 63.6 Å². The molecule has 9 atom stereocenters. The van der Waals surface area contributed by atoms with Crippen LogP contribution in [0.3, 0.4) is 0 Å². The van der Waals surface area contributed by atoms with Gasteiger partial charge in [-0.15, -0.1) is 0 Å². The van der Waals surface area contributed by atoms with Crippen molar-refractivity contribution in [2.24, 2.45) is 39.9 Å². The lowest BCUT2D eigenvalue weighted by Crippen LogP contribution is -2.65. The molecule has 25 heavy (non-hydrogen) atoms. The Morgan fingerprint density at radius 3 is 2.88 bits per heavy atom. The van der Waals surface area contributed by atoms with Gasteiger partial charge in [-0.05, 0) is 73.2 Å². The molecule has 0 aromatic rings. The minimum Gasteiger partial charge on any atom is -0.512 e. The van der Waals surface area contributed by atoms with Crippen LogP contribution < -0.4 is 0 Å². The second-order valence-electron chi connectivity index (χ2n) is 10.1. The maximum absolute atomic E-state index is 12.3. The summed E-state index contributed by atoms with van der Waals surface area (Å²) < 4.78 is 5.79. The highest BCUT2D eigenvalue weighted by Gasteiger charge is 2.88. The highest BCUT2D eigenvalue weighted by Crippen LogP contribution is 2.88. The molecule has 6 aliphatic rings. The van der Waals surface area contributed by atoms with Gasteiger partial charge in [0.2, 0.25) is 0 Å². The zero-order chi connectivity index (χ0) is 17.2. The molecule has 6 rings (SSSR count). The maximum atomic E-state index is 12.3. The molecule has 3 heteroatoms. The first-order valence-electron chi connectivity index (χ1n) is 10.3. The third-order valence-corrected chi connectivity index (χ3v) is 10.5. The first-order chi connectivity index (χ1) is 12.0. The predicted octanol–water partition coefficient (Wildman–Crippen LogP) is 3.99. The van der Waals surface area contributed by atoms with Gasteiger partial charge in [-0.25, -0.2) is 0 Å². The van der Waals surface area contributed by atoms with Crippen molar-refractivity contribution in [3.05, 3.63) is 24.0 Å². The predicted molar refractivity (Wildman–Crippen MR) is 94.9 cm³/mol. The topological polar surface area (TPSA) is 49.7 Å². The fourth-order valence-corrected chi connectivity index (χ4v) is 9.96. The number of aliphatic hydroxyl groups is 2. The molecule has 0 heterocycles. The van der Waals surface area contributed by atoms with Gasteiger partial charge in [-0.2, -0.15) is 0 Å². The van der Waals surface area contributed by atoms with Gasteiger partial charge in [0, 0.05) is 12.5 Å². The number of allylic oxidation sites excluding steroid dienone is 2. The smallest absolute Gasteiger partial charge is 0.111 e. The zero-order valence-corrected chi connectivity index (χ0v) is 15.4. The van der Waals surface area contributed by atoms with Crippen molar-refractivity contribution in [1.29, 1.82) is 0 Å². The summed E-state index contributed by atoms with van der Waals surface area (Å²) in [5.74, 6) is 1.90. The first kappa shape index (κ1) is 15.3. The Labute approximate surface area is 150 Å². The van der Waals surface area contributed by atoms with E-state index in [1.54, 1.807) is 7.11 Å². The second-order valence-corrected chi connectivity index (χ2v) is 10.1. The van der Waals surface area contributed by atoms with Crippen molar-refractivity contribution in [3.63, 3.8) is 0 Å². The van der Waals surface area contributed by atoms with E-state index < -0.39 is 5.60 Å². The van der Waals surface area contributed by atoms with Crippen LogP contribution in [0.15, 0.2) is 24.0 Å². The molecule has 2 N–H and O–H groups in total. The van der Waals surface area contributed by atoms with Crippen LogP contribution in [0.2, 0.25) is 0 Å². The van der Waals surface area contributed by atoms with Gasteiger partial charge in [-0.3, -0.25) is 0 Å². The molecule has 6 aliphatic carbocycles. The van der Waals surface area contributed by atoms with Crippen molar-refractivity contribution < 1.29 is 14.9 Å². The molecule has 0 aromatic heterocycles. The number of fused-ring (bicyclic) bond motifs is 2. The third-order valence-electron chi connectivity index (χ3n) is 10.5. The van der Waals surface area contributed by atoms with Crippen molar-refractivity contribution in [1.82, 2.24) is 0 Å². The van der Waals surface area contributed by atoms with Gasteiger partial charge < -0.3 is 14.9 Å². The Morgan fingerprint density at radius 1 is 1.24 bits per heavy atom. The Hall–Kier alpha value is -0.800. The lowest BCUT2D eigenvalue weighted by molar-refractivity contribution is -0.227. The molecule has 4 saturated carbocycles. The monoisotopic (exact) mass is 342 g/mol. The average Bonchev–Trinajstić information content (AvgIpc) is 3.19. The summed E-state index contributed by atoms with van der Waals surface area (Å²) in [7, 11) is 1.69. The summed E-state index contributed by atoms with van der Waals surface area (Å²) in [6.45, 7) is 2.51. The van der Waals surface area contributed by atoms with E-state index in [0.717, 1.165) is 6.42 Å². The van der Waals surface area contributed by atoms with Crippen LogP contribution >= 0.6 is 0 Å². The number of hydrogen-bond acceptors (Lipinski definition) is 3. The van der Waals surface area contributed by atoms with Crippen molar-refractivity contribution in [2.75, 3.05) is 7.11 Å². The molecule has 5 bridgehead atoms. The van der Waals surface area contributed by atoms with Gasteiger partial charge in [0.25, 0.3) is 0 Å². The number of rotatable bonds is 1. The van der Waals surface area contributed by atoms with Gasteiger partial charge in [0.1, 0.15) is 11.7 Å². The van der Waals surface area contributed by atoms with E-state index in [-0.39, 0.29) is 22.9 Å². The van der Waals surface area contributed by atoms with E-state index in [1.807, 2.05) is 6.08 Å². The van der Waals surface area contributed by atoms with Crippen molar-refractivity contribution >= 4 is 0 Å². The van der Waals surface area contributed by atoms with Crippen molar-refractivity contribution in [3.8, 4) is 0 Å². The minimum absolute atomic E-state index is 0.103. The van der Waals surface area contributed by atoms with Gasteiger partial charge >= 0.3 is 0 Å². The lowest BCUT2D eigenvalue weighted by Gasteiger charge is -2.63. The fraction of sp³-hybridized carbons (Fsp3) is 0.818. The molecule has 3 nitrogen and oxygen atoms in total. The summed E-state index contributed by atoms with van der Waals surface area (Å²) in [5, 5.41) is 23.1. The van der Waals surface area contributed by atoms with Crippen LogP contribution in [0.4, 0.5) is 0 Å². The van der Waals surface area contributed by atoms with E-state index in [9.17, 15) is 10.2 Å². The van der Waals surface area contributed by atoms with Crippen LogP contribution in [0.1, 0.15) is 51.9 Å². The summed E-state index contributed by atoms with van der Waals surface area (Å²) in [4.78, 5) is 0. The normalized spacial score (nSPS) is 63.3. The molecule has 0 amide bonds. The molecule has 1 spiro atoms. The first-order valence-corrected chi connectivity index (χ1v) is 10.3. The molecule has 0 aromatic carbocycles. The average molecular weight is 342 g/mol. The summed E-state index contributed by atoms with van der Waals surface area (Å²) in [6, 6.07) is 0. The standard InChI is InChI=1S/C22H30O3/c1-19-15-11-14-7-10-20(19)8-3-5-13(20)6-4-9-21(14,19)22(24)17(25-2)12-16(23)18(15)22/h4,6,12-15,17-18,23-24H,3,5,7-11H2,1-2H3/t13-,14-,15+,17+,18+,19-,20+,21+,22-/m1/s1. The van der Waals surface area contributed by atoms with E-state index >= 15 is 0 Å². The fourth-order valence-electron chi connectivity index (χ4n) is 9.96. The van der Waals surface area contributed by atoms with E-state index in [0.29, 0.717) is 28.9 Å². The summed E-state index contributed by atoms with van der Waals surface area (Å²) in [6.07, 6.45) is 15.0. The Morgan fingerprint density at radius 2 is 2.08 bits per heavy atom. The Kier molecular flexibility index (Phi) is 2.56. The highest BCUT2D eigenvalue weighted by molar-refractivity contribution is 5.43. The number of aliphatic hydroxyl groups excluding tert-OH is 1. The maximum Gasteiger partial charge on any atom is 0.111 e. The Balaban J connectivity index is 1.67. The summed E-state index contributed by atoms with van der Waals surface area (Å²) in [5.41, 5.74) is -0.670. The molecule has 0 saturated heterocycles. The minimum atomic E-state index is -0.941. The third kappa shape index (κ3) is 1.18. The second kappa shape index (κ2) is 4.20. The molecular formula is C22H30O3. The van der Waals surface area contributed by atoms with Crippen LogP contribution in [-0.4, -0.2) is 29.0 Å². The number of hydrogen-bond donors (Lipinski definition) is 2. The highest BCUT2D eigenvalue weighted by atomic mass is 16.5. The molecule has 136 valence electrons. The Bertz CT molecular complexity index is 712. The number of methoxy groups -OCH3 is 1. The van der Waals surface area contributed by atoms with E-state index in [4.69, 9.17) is 4.74 Å². The quantitative estimate of drug-likeness (QED) is 0.709. The zero-order valence-electron chi connectivity index (χ0n) is 15.4. The summed E-state index contributed by atoms with van der Waals surface area (Å²) >= 11 is 0. The van der Waals surface area contributed by atoms with Crippen LogP contribution in [-0.2, 0) is 4.74 Å². The molecule has 0 unspecified atom stereocenters. The van der Waals surface area contributed by atoms with E-state index in [1.165, 1.54) is 38.5 Å². The van der Waals surface area contributed by atoms with Gasteiger partial charge in [0.05, 0.1) is 11.7 Å². The van der Waals surface area contributed by atoms with Crippen LogP contribution in [0.25, 0.3) is 0 Å². The number of ether oxygens (including phenoxy) is 1. The molecular weight excluding hydrogens is 312 g/mol. The van der Waals surface area contributed by atoms with Crippen LogP contribution in [0, 0.1) is 39.9 Å². The van der Waals surface area contributed by atoms with Gasteiger partial charge in [-0.1, -0.05) is 25.5 Å².